The number of halogens is 1. The summed E-state index contributed by atoms with van der Waals surface area (Å²) in [6, 6.07) is 2.35. The van der Waals surface area contributed by atoms with Crippen molar-refractivity contribution in [2.24, 2.45) is 7.05 Å². The number of hydrogen-bond acceptors (Lipinski definition) is 4. The van der Waals surface area contributed by atoms with E-state index in [2.05, 4.69) is 45.4 Å². The Hall–Kier alpha value is -1.14. The molecule has 0 spiro atoms. The third kappa shape index (κ3) is 2.58. The number of aromatic nitrogens is 3. The Labute approximate surface area is 108 Å². The Morgan fingerprint density at radius 2 is 2.29 bits per heavy atom. The van der Waals surface area contributed by atoms with E-state index in [1.54, 1.807) is 10.9 Å². The fourth-order valence-electron chi connectivity index (χ4n) is 1.60. The number of nitrogens with one attached hydrogen (secondary N) is 1. The van der Waals surface area contributed by atoms with Gasteiger partial charge in [-0.2, -0.15) is 0 Å². The van der Waals surface area contributed by atoms with Gasteiger partial charge < -0.3 is 9.73 Å². The van der Waals surface area contributed by atoms with Gasteiger partial charge in [-0.25, -0.2) is 4.68 Å². The van der Waals surface area contributed by atoms with Crippen LogP contribution in [0.5, 0.6) is 0 Å². The Balaban J connectivity index is 2.31. The highest BCUT2D eigenvalue weighted by Gasteiger charge is 2.16. The molecule has 0 fully saturated rings. The van der Waals surface area contributed by atoms with Crippen LogP contribution < -0.4 is 5.32 Å². The van der Waals surface area contributed by atoms with Crippen LogP contribution in [0.15, 0.2) is 21.3 Å². The topological polar surface area (TPSA) is 55.9 Å². The molecule has 0 amide bonds. The van der Waals surface area contributed by atoms with E-state index >= 15 is 0 Å². The minimum atomic E-state index is 0.418. The highest BCUT2D eigenvalue weighted by atomic mass is 79.9. The van der Waals surface area contributed by atoms with Crippen LogP contribution >= 0.6 is 15.9 Å². The van der Waals surface area contributed by atoms with Crippen LogP contribution in [0.2, 0.25) is 0 Å². The number of aryl methyl sites for hydroxylation is 1. The average Bonchev–Trinajstić information content (AvgIpc) is 2.83. The van der Waals surface area contributed by atoms with Crippen LogP contribution in [0.25, 0.3) is 11.3 Å². The van der Waals surface area contributed by atoms with E-state index in [1.807, 2.05) is 13.1 Å². The molecular weight excluding hydrogens is 284 g/mol. The van der Waals surface area contributed by atoms with Crippen molar-refractivity contribution in [3.05, 3.63) is 22.7 Å². The van der Waals surface area contributed by atoms with Gasteiger partial charge in [0.05, 0.1) is 12.8 Å². The lowest BCUT2D eigenvalue weighted by atomic mass is 10.2. The van der Waals surface area contributed by atoms with Gasteiger partial charge in [-0.3, -0.25) is 0 Å². The monoisotopic (exact) mass is 298 g/mol. The predicted molar refractivity (Wildman–Crippen MR) is 68.4 cm³/mol. The first-order valence-electron chi connectivity index (χ1n) is 5.45. The van der Waals surface area contributed by atoms with Gasteiger partial charge in [-0.05, 0) is 22.0 Å². The smallest absolute Gasteiger partial charge is 0.156 e. The molecule has 5 nitrogen and oxygen atoms in total. The number of hydrogen-bond donors (Lipinski definition) is 1. The van der Waals surface area contributed by atoms with E-state index < -0.39 is 0 Å². The summed E-state index contributed by atoms with van der Waals surface area (Å²) in [5.41, 5.74) is 1.94. The van der Waals surface area contributed by atoms with Crippen LogP contribution in [0.1, 0.15) is 19.6 Å². The van der Waals surface area contributed by atoms with Crippen molar-refractivity contribution in [2.45, 2.75) is 26.4 Å². The summed E-state index contributed by atoms with van der Waals surface area (Å²) >= 11 is 3.40. The van der Waals surface area contributed by atoms with Gasteiger partial charge in [-0.15, -0.1) is 5.10 Å². The quantitative estimate of drug-likeness (QED) is 0.941. The lowest BCUT2D eigenvalue weighted by molar-refractivity contribution is 0.466. The Morgan fingerprint density at radius 1 is 1.53 bits per heavy atom. The standard InChI is InChI=1S/C11H15BrN4O/c1-7(2)13-6-9-8(4-5-17-9)10-11(12)14-15-16(10)3/h4-5,7,13H,6H2,1-3H3. The van der Waals surface area contributed by atoms with Crippen molar-refractivity contribution < 1.29 is 4.42 Å². The summed E-state index contributed by atoms with van der Waals surface area (Å²) in [7, 11) is 1.86. The molecule has 0 aliphatic rings. The van der Waals surface area contributed by atoms with E-state index in [1.165, 1.54) is 0 Å². The molecule has 6 heteroatoms. The second kappa shape index (κ2) is 5.01. The summed E-state index contributed by atoms with van der Waals surface area (Å²) in [6.45, 7) is 4.89. The van der Waals surface area contributed by atoms with Crippen LogP contribution in [-0.4, -0.2) is 21.0 Å². The highest BCUT2D eigenvalue weighted by Crippen LogP contribution is 2.29. The summed E-state index contributed by atoms with van der Waals surface area (Å²) in [6.07, 6.45) is 1.69. The SMILES string of the molecule is CC(C)NCc1occc1-c1c(Br)nnn1C. The van der Waals surface area contributed by atoms with Gasteiger partial charge in [-0.1, -0.05) is 19.1 Å². The van der Waals surface area contributed by atoms with Crippen molar-refractivity contribution in [3.8, 4) is 11.3 Å². The summed E-state index contributed by atoms with van der Waals surface area (Å²) in [5, 5.41) is 11.3. The van der Waals surface area contributed by atoms with E-state index in [-0.39, 0.29) is 0 Å². The molecule has 0 aromatic carbocycles. The number of rotatable bonds is 4. The summed E-state index contributed by atoms with van der Waals surface area (Å²) in [5.74, 6) is 0.893. The molecule has 2 aromatic heterocycles. The minimum Gasteiger partial charge on any atom is -0.467 e. The summed E-state index contributed by atoms with van der Waals surface area (Å²) in [4.78, 5) is 0. The van der Waals surface area contributed by atoms with Crippen molar-refractivity contribution in [3.63, 3.8) is 0 Å². The first-order valence-corrected chi connectivity index (χ1v) is 6.24. The molecule has 0 atom stereocenters. The first-order chi connectivity index (χ1) is 8.09. The fourth-order valence-corrected chi connectivity index (χ4v) is 2.14. The molecule has 0 saturated heterocycles. The second-order valence-corrected chi connectivity index (χ2v) is 4.90. The van der Waals surface area contributed by atoms with Crippen LogP contribution in [0.3, 0.4) is 0 Å². The average molecular weight is 299 g/mol. The molecule has 0 saturated carbocycles. The third-order valence-corrected chi connectivity index (χ3v) is 2.99. The molecule has 2 heterocycles. The molecule has 17 heavy (non-hydrogen) atoms. The van der Waals surface area contributed by atoms with Crippen molar-refractivity contribution in [2.75, 3.05) is 0 Å². The van der Waals surface area contributed by atoms with Crippen LogP contribution in [0, 0.1) is 0 Å². The molecule has 0 unspecified atom stereocenters. The van der Waals surface area contributed by atoms with Crippen LogP contribution in [-0.2, 0) is 13.6 Å². The van der Waals surface area contributed by atoms with Gasteiger partial charge in [0.1, 0.15) is 11.5 Å². The van der Waals surface area contributed by atoms with E-state index in [0.717, 1.165) is 21.6 Å². The van der Waals surface area contributed by atoms with Gasteiger partial charge >= 0.3 is 0 Å². The van der Waals surface area contributed by atoms with E-state index in [9.17, 15) is 0 Å². The Kier molecular flexibility index (Phi) is 3.63. The maximum absolute atomic E-state index is 5.50. The zero-order valence-electron chi connectivity index (χ0n) is 10.1. The molecule has 2 rings (SSSR count). The molecule has 92 valence electrons. The summed E-state index contributed by atoms with van der Waals surface area (Å²) < 4.78 is 7.96. The zero-order valence-corrected chi connectivity index (χ0v) is 11.7. The Bertz CT molecular complexity index is 484. The van der Waals surface area contributed by atoms with Gasteiger partial charge in [0.25, 0.3) is 0 Å². The lowest BCUT2D eigenvalue weighted by Crippen LogP contribution is -2.21. The lowest BCUT2D eigenvalue weighted by Gasteiger charge is -2.07. The van der Waals surface area contributed by atoms with Crippen molar-refractivity contribution in [1.82, 2.24) is 20.3 Å². The van der Waals surface area contributed by atoms with Gasteiger partial charge in [0, 0.05) is 18.7 Å². The van der Waals surface area contributed by atoms with E-state index in [0.29, 0.717) is 12.6 Å². The van der Waals surface area contributed by atoms with Gasteiger partial charge in [0.2, 0.25) is 0 Å². The predicted octanol–water partition coefficient (Wildman–Crippen LogP) is 2.34. The highest BCUT2D eigenvalue weighted by molar-refractivity contribution is 9.10. The zero-order chi connectivity index (χ0) is 12.4. The van der Waals surface area contributed by atoms with Crippen molar-refractivity contribution >= 4 is 15.9 Å². The largest absolute Gasteiger partial charge is 0.467 e. The maximum atomic E-state index is 5.50. The maximum Gasteiger partial charge on any atom is 0.156 e. The second-order valence-electron chi connectivity index (χ2n) is 4.15. The Morgan fingerprint density at radius 3 is 2.88 bits per heavy atom. The fraction of sp³-hybridized carbons (Fsp3) is 0.455. The molecule has 0 bridgehead atoms. The molecule has 1 N–H and O–H groups in total. The first kappa shape index (κ1) is 12.3. The van der Waals surface area contributed by atoms with E-state index in [4.69, 9.17) is 4.42 Å². The third-order valence-electron chi connectivity index (χ3n) is 2.46. The van der Waals surface area contributed by atoms with Crippen LogP contribution in [0.4, 0.5) is 0 Å². The molecule has 2 aromatic rings. The molecule has 0 aliphatic heterocycles. The minimum absolute atomic E-state index is 0.418. The normalized spacial score (nSPS) is 11.4. The number of furan rings is 1. The number of nitrogens with zero attached hydrogens (tertiary/aromatic N) is 3. The van der Waals surface area contributed by atoms with Crippen molar-refractivity contribution in [1.29, 1.82) is 0 Å². The molecule has 0 aliphatic carbocycles. The molecular formula is C11H15BrN4O. The molecule has 0 radical (unpaired) electrons. The van der Waals surface area contributed by atoms with Gasteiger partial charge in [0.15, 0.2) is 4.60 Å².